The molecule has 2 N–H and O–H groups in total. The van der Waals surface area contributed by atoms with E-state index in [4.69, 9.17) is 4.74 Å². The van der Waals surface area contributed by atoms with Crippen molar-refractivity contribution in [2.75, 3.05) is 70.2 Å². The molecule has 1 aromatic carbocycles. The molecule has 1 saturated heterocycles. The summed E-state index contributed by atoms with van der Waals surface area (Å²) < 4.78 is 10.3. The Hall–Kier alpha value is -2.79. The number of rotatable bonds is 10. The number of amides is 2. The minimum atomic E-state index is -0.305. The van der Waals surface area contributed by atoms with Crippen LogP contribution < -0.4 is 10.6 Å². The average molecular weight is 572 g/mol. The average Bonchev–Trinajstić information content (AvgIpc) is 3.41. The van der Waals surface area contributed by atoms with Crippen molar-refractivity contribution in [3.05, 3.63) is 58.5 Å². The van der Waals surface area contributed by atoms with Gasteiger partial charge in [-0.15, -0.1) is 0 Å². The van der Waals surface area contributed by atoms with Gasteiger partial charge < -0.3 is 15.4 Å². The van der Waals surface area contributed by atoms with Crippen molar-refractivity contribution in [1.29, 1.82) is 0 Å². The third kappa shape index (κ3) is 7.16. The summed E-state index contributed by atoms with van der Waals surface area (Å²) in [4.78, 5) is 22.2. The molecule has 1 fully saturated rings. The van der Waals surface area contributed by atoms with Crippen LogP contribution in [-0.2, 0) is 11.3 Å². The summed E-state index contributed by atoms with van der Waals surface area (Å²) in [6.45, 7) is 13.0. The van der Waals surface area contributed by atoms with Crippen molar-refractivity contribution < 1.29 is 14.1 Å². The maximum absolute atomic E-state index is 12.9. The fourth-order valence-corrected chi connectivity index (χ4v) is 4.95. The number of carbonyl (C=O) groups is 1. The Bertz CT molecular complexity index is 1230. The second kappa shape index (κ2) is 13.1. The molecule has 2 amide bonds. The summed E-state index contributed by atoms with van der Waals surface area (Å²) in [5.41, 5.74) is 4.46. The number of imidazole rings is 1. The van der Waals surface area contributed by atoms with Gasteiger partial charge in [-0.2, -0.15) is 0 Å². The van der Waals surface area contributed by atoms with Gasteiger partial charge in [0.25, 0.3) is 0 Å². The van der Waals surface area contributed by atoms with Crippen molar-refractivity contribution in [2.45, 2.75) is 20.4 Å². The van der Waals surface area contributed by atoms with Gasteiger partial charge in [-0.25, -0.2) is 14.4 Å². The number of aromatic nitrogens is 2. The van der Waals surface area contributed by atoms with Gasteiger partial charge in [0, 0.05) is 70.0 Å². The molecule has 37 heavy (non-hydrogen) atoms. The molecule has 0 radical (unpaired) electrons. The molecule has 198 valence electrons. The zero-order valence-corrected chi connectivity index (χ0v) is 23.5. The van der Waals surface area contributed by atoms with E-state index in [9.17, 15) is 4.79 Å². The second-order valence-corrected chi connectivity index (χ2v) is 9.96. The van der Waals surface area contributed by atoms with E-state index in [1.807, 2.05) is 28.8 Å². The lowest BCUT2D eigenvalue weighted by molar-refractivity contribution is -0.515. The molecule has 3 aromatic rings. The van der Waals surface area contributed by atoms with Gasteiger partial charge in [0.15, 0.2) is 11.9 Å². The third-order valence-corrected chi connectivity index (χ3v) is 7.40. The normalized spacial score (nSPS) is 14.6. The van der Waals surface area contributed by atoms with Gasteiger partial charge in [0.05, 0.1) is 16.9 Å². The summed E-state index contributed by atoms with van der Waals surface area (Å²) in [5, 5.41) is 5.93. The van der Waals surface area contributed by atoms with Crippen LogP contribution in [0.4, 0.5) is 16.2 Å². The SMILES string of the molecule is CC[N+](=Cc1cc(NC(=O)Nc2ccc(Br)n3ccnc23)ccc1CN1CCN(CCOC)CC1)CC. The predicted molar refractivity (Wildman–Crippen MR) is 152 cm³/mol. The van der Waals surface area contributed by atoms with E-state index in [-0.39, 0.29) is 6.03 Å². The topological polar surface area (TPSA) is 77.1 Å². The first-order valence-corrected chi connectivity index (χ1v) is 13.6. The highest BCUT2D eigenvalue weighted by Crippen LogP contribution is 2.22. The lowest BCUT2D eigenvalue weighted by Crippen LogP contribution is -2.46. The fourth-order valence-electron chi connectivity index (χ4n) is 4.54. The minimum absolute atomic E-state index is 0.305. The standard InChI is InChI=1S/C27H36BrN7O2/c1-4-32(5-2)20-22-18-23(7-6-21(22)19-34-14-12-33(13-15-34)16-17-37-3)30-27(36)31-24-8-9-25(28)35-11-10-29-26(24)35/h6-11,18,20H,4-5,12-17,19H2,1-3H3,(H-,30,31,36)/p+1. The lowest BCUT2D eigenvalue weighted by Gasteiger charge is -2.34. The largest absolute Gasteiger partial charge is 0.383 e. The fraction of sp³-hybridized carbons (Fsp3) is 0.444. The van der Waals surface area contributed by atoms with E-state index >= 15 is 0 Å². The van der Waals surface area contributed by atoms with Crippen molar-refractivity contribution in [3.8, 4) is 0 Å². The van der Waals surface area contributed by atoms with Gasteiger partial charge in [-0.3, -0.25) is 14.2 Å². The molecule has 2 aromatic heterocycles. The Morgan fingerprint density at radius 1 is 1.11 bits per heavy atom. The number of halogens is 1. The van der Waals surface area contributed by atoms with Crippen LogP contribution in [0.25, 0.3) is 5.65 Å². The number of nitrogens with zero attached hydrogens (tertiary/aromatic N) is 5. The van der Waals surface area contributed by atoms with Gasteiger partial charge >= 0.3 is 6.03 Å². The molecule has 0 atom stereocenters. The van der Waals surface area contributed by atoms with Crippen LogP contribution in [-0.4, -0.2) is 95.5 Å². The maximum Gasteiger partial charge on any atom is 0.323 e. The quantitative estimate of drug-likeness (QED) is 0.219. The van der Waals surface area contributed by atoms with Crippen molar-refractivity contribution in [3.63, 3.8) is 0 Å². The molecule has 0 aliphatic carbocycles. The zero-order chi connectivity index (χ0) is 26.2. The van der Waals surface area contributed by atoms with Gasteiger partial charge in [0.2, 0.25) is 0 Å². The van der Waals surface area contributed by atoms with Crippen molar-refractivity contribution in [2.24, 2.45) is 0 Å². The van der Waals surface area contributed by atoms with Crippen LogP contribution in [0.3, 0.4) is 0 Å². The maximum atomic E-state index is 12.9. The van der Waals surface area contributed by atoms with Crippen molar-refractivity contribution in [1.82, 2.24) is 19.2 Å². The van der Waals surface area contributed by atoms with Crippen LogP contribution in [0.1, 0.15) is 25.0 Å². The molecule has 9 nitrogen and oxygen atoms in total. The summed E-state index contributed by atoms with van der Waals surface area (Å²) in [6, 6.07) is 9.59. The Labute approximate surface area is 227 Å². The van der Waals surface area contributed by atoms with Crippen LogP contribution >= 0.6 is 15.9 Å². The summed E-state index contributed by atoms with van der Waals surface area (Å²) in [6.07, 6.45) is 5.75. The molecule has 10 heteroatoms. The van der Waals surface area contributed by atoms with Crippen LogP contribution in [0, 0.1) is 0 Å². The van der Waals surface area contributed by atoms with Gasteiger partial charge in [0.1, 0.15) is 13.1 Å². The first-order valence-electron chi connectivity index (χ1n) is 12.9. The monoisotopic (exact) mass is 570 g/mol. The molecule has 4 rings (SSSR count). The number of nitrogens with one attached hydrogen (secondary N) is 2. The molecule has 3 heterocycles. The predicted octanol–water partition coefficient (Wildman–Crippen LogP) is 3.98. The highest BCUT2D eigenvalue weighted by atomic mass is 79.9. The lowest BCUT2D eigenvalue weighted by atomic mass is 10.1. The van der Waals surface area contributed by atoms with Crippen molar-refractivity contribution >= 4 is 45.2 Å². The smallest absolute Gasteiger partial charge is 0.323 e. The Balaban J connectivity index is 1.47. The second-order valence-electron chi connectivity index (χ2n) is 9.14. The number of urea groups is 1. The summed E-state index contributed by atoms with van der Waals surface area (Å²) in [7, 11) is 1.76. The van der Waals surface area contributed by atoms with E-state index in [2.05, 4.69) is 78.1 Å². The third-order valence-electron chi connectivity index (χ3n) is 6.76. The number of piperazine rings is 1. The number of carbonyl (C=O) groups excluding carboxylic acids is 1. The summed E-state index contributed by atoms with van der Waals surface area (Å²) >= 11 is 3.50. The summed E-state index contributed by atoms with van der Waals surface area (Å²) in [5.74, 6) is 0. The molecular weight excluding hydrogens is 534 g/mol. The van der Waals surface area contributed by atoms with E-state index in [0.717, 1.165) is 74.8 Å². The van der Waals surface area contributed by atoms with Gasteiger partial charge in [-0.1, -0.05) is 6.07 Å². The number of benzene rings is 1. The number of anilines is 2. The molecule has 0 spiro atoms. The molecular formula is C27H37BrN7O2+. The highest BCUT2D eigenvalue weighted by molar-refractivity contribution is 9.10. The number of hydrogen-bond acceptors (Lipinski definition) is 5. The molecule has 0 unspecified atom stereocenters. The van der Waals surface area contributed by atoms with E-state index in [1.54, 1.807) is 13.3 Å². The van der Waals surface area contributed by atoms with Gasteiger partial charge in [-0.05, 0) is 59.6 Å². The van der Waals surface area contributed by atoms with Crippen LogP contribution in [0.2, 0.25) is 0 Å². The molecule has 1 aliphatic rings. The van der Waals surface area contributed by atoms with E-state index in [0.29, 0.717) is 11.3 Å². The van der Waals surface area contributed by atoms with E-state index < -0.39 is 0 Å². The zero-order valence-electron chi connectivity index (χ0n) is 21.9. The molecule has 0 bridgehead atoms. The van der Waals surface area contributed by atoms with E-state index in [1.165, 1.54) is 5.56 Å². The Kier molecular flexibility index (Phi) is 9.68. The number of ether oxygens (including phenoxy) is 1. The number of pyridine rings is 1. The van der Waals surface area contributed by atoms with Crippen LogP contribution in [0.5, 0.6) is 0 Å². The Morgan fingerprint density at radius 3 is 2.59 bits per heavy atom. The number of fused-ring (bicyclic) bond motifs is 1. The number of methoxy groups -OCH3 is 1. The highest BCUT2D eigenvalue weighted by Gasteiger charge is 2.19. The molecule has 1 aliphatic heterocycles. The van der Waals surface area contributed by atoms with Crippen LogP contribution in [0.15, 0.2) is 47.3 Å². The first kappa shape index (κ1) is 27.3. The molecule has 0 saturated carbocycles. The number of hydrogen-bond donors (Lipinski definition) is 2. The Morgan fingerprint density at radius 2 is 1.86 bits per heavy atom. The first-order chi connectivity index (χ1) is 18.0. The minimum Gasteiger partial charge on any atom is -0.383 e.